The molecule has 2 aromatic rings. The molecule has 0 aromatic heterocycles. The van der Waals surface area contributed by atoms with Crippen LogP contribution in [0, 0.1) is 6.92 Å². The van der Waals surface area contributed by atoms with Crippen molar-refractivity contribution in [3.63, 3.8) is 0 Å². The number of nitrogen functional groups attached to an aromatic ring is 1. The second kappa shape index (κ2) is 5.32. The number of hydrogen-bond donors (Lipinski definition) is 1. The van der Waals surface area contributed by atoms with Crippen molar-refractivity contribution >= 4 is 17.3 Å². The first-order valence-electron chi connectivity index (χ1n) is 5.92. The largest absolute Gasteiger partial charge is 0.456 e. The molecule has 0 saturated carbocycles. The predicted molar refractivity (Wildman–Crippen MR) is 76.5 cm³/mol. The van der Waals surface area contributed by atoms with E-state index in [4.69, 9.17) is 22.1 Å². The quantitative estimate of drug-likeness (QED) is 0.821. The Kier molecular flexibility index (Phi) is 3.78. The van der Waals surface area contributed by atoms with Gasteiger partial charge in [0.15, 0.2) is 0 Å². The summed E-state index contributed by atoms with van der Waals surface area (Å²) in [6, 6.07) is 11.3. The highest BCUT2D eigenvalue weighted by molar-refractivity contribution is 6.32. The second-order valence-corrected chi connectivity index (χ2v) is 4.66. The number of anilines is 1. The van der Waals surface area contributed by atoms with Gasteiger partial charge in [0.2, 0.25) is 0 Å². The zero-order valence-corrected chi connectivity index (χ0v) is 11.3. The van der Waals surface area contributed by atoms with Crippen LogP contribution in [0.2, 0.25) is 5.02 Å². The summed E-state index contributed by atoms with van der Waals surface area (Å²) in [7, 11) is 0. The van der Waals surface area contributed by atoms with Crippen molar-refractivity contribution in [2.24, 2.45) is 0 Å². The first kappa shape index (κ1) is 12.8. The topological polar surface area (TPSA) is 35.2 Å². The number of aryl methyl sites for hydroxylation is 2. The Morgan fingerprint density at radius 3 is 2.39 bits per heavy atom. The van der Waals surface area contributed by atoms with E-state index in [1.165, 1.54) is 5.56 Å². The summed E-state index contributed by atoms with van der Waals surface area (Å²) < 4.78 is 5.81. The maximum atomic E-state index is 6.24. The summed E-state index contributed by atoms with van der Waals surface area (Å²) in [5.74, 6) is 1.44. The minimum absolute atomic E-state index is 0.642. The average Bonchev–Trinajstić information content (AvgIpc) is 2.35. The standard InChI is InChI=1S/C15H16ClNO/c1-3-11-8-10(2)15(14(16)9-11)18-13-6-4-12(17)5-7-13/h4-9H,3,17H2,1-2H3. The maximum absolute atomic E-state index is 6.24. The van der Waals surface area contributed by atoms with Crippen molar-refractivity contribution in [2.75, 3.05) is 5.73 Å². The molecule has 0 unspecified atom stereocenters. The van der Waals surface area contributed by atoms with Crippen LogP contribution in [0.4, 0.5) is 5.69 Å². The predicted octanol–water partition coefficient (Wildman–Crippen LogP) is 4.59. The molecule has 3 heteroatoms. The average molecular weight is 262 g/mol. The van der Waals surface area contributed by atoms with Gasteiger partial charge >= 0.3 is 0 Å². The molecule has 0 aliphatic carbocycles. The number of rotatable bonds is 3. The summed E-state index contributed by atoms with van der Waals surface area (Å²) in [5, 5.41) is 0.642. The minimum Gasteiger partial charge on any atom is -0.456 e. The SMILES string of the molecule is CCc1cc(C)c(Oc2ccc(N)cc2)c(Cl)c1. The van der Waals surface area contributed by atoms with Crippen molar-refractivity contribution in [3.05, 3.63) is 52.5 Å². The molecule has 2 rings (SSSR count). The second-order valence-electron chi connectivity index (χ2n) is 4.25. The van der Waals surface area contributed by atoms with Crippen LogP contribution in [0.3, 0.4) is 0 Å². The van der Waals surface area contributed by atoms with Crippen molar-refractivity contribution in [1.29, 1.82) is 0 Å². The van der Waals surface area contributed by atoms with E-state index in [1.54, 1.807) is 12.1 Å². The number of halogens is 1. The molecular weight excluding hydrogens is 246 g/mol. The lowest BCUT2D eigenvalue weighted by molar-refractivity contribution is 0.479. The fraction of sp³-hybridized carbons (Fsp3) is 0.200. The van der Waals surface area contributed by atoms with Gasteiger partial charge in [-0.2, -0.15) is 0 Å². The van der Waals surface area contributed by atoms with Crippen LogP contribution in [-0.4, -0.2) is 0 Å². The van der Waals surface area contributed by atoms with Crippen LogP contribution in [0.5, 0.6) is 11.5 Å². The van der Waals surface area contributed by atoms with Crippen molar-refractivity contribution in [1.82, 2.24) is 0 Å². The molecule has 0 aliphatic heterocycles. The van der Waals surface area contributed by atoms with Gasteiger partial charge in [0.05, 0.1) is 5.02 Å². The normalized spacial score (nSPS) is 10.4. The fourth-order valence-corrected chi connectivity index (χ4v) is 2.12. The maximum Gasteiger partial charge on any atom is 0.148 e. The molecule has 0 atom stereocenters. The Hall–Kier alpha value is -1.67. The zero-order chi connectivity index (χ0) is 13.1. The first-order chi connectivity index (χ1) is 8.60. The summed E-state index contributed by atoms with van der Waals surface area (Å²) in [6.07, 6.45) is 0.961. The van der Waals surface area contributed by atoms with Crippen LogP contribution < -0.4 is 10.5 Å². The lowest BCUT2D eigenvalue weighted by Crippen LogP contribution is -1.92. The van der Waals surface area contributed by atoms with E-state index in [-0.39, 0.29) is 0 Å². The lowest BCUT2D eigenvalue weighted by Gasteiger charge is -2.12. The van der Waals surface area contributed by atoms with Crippen molar-refractivity contribution in [3.8, 4) is 11.5 Å². The van der Waals surface area contributed by atoms with E-state index in [1.807, 2.05) is 25.1 Å². The van der Waals surface area contributed by atoms with E-state index in [0.717, 1.165) is 17.7 Å². The van der Waals surface area contributed by atoms with Crippen molar-refractivity contribution < 1.29 is 4.74 Å². The minimum atomic E-state index is 0.642. The molecule has 0 aliphatic rings. The Morgan fingerprint density at radius 2 is 1.83 bits per heavy atom. The summed E-state index contributed by atoms with van der Waals surface area (Å²) in [6.45, 7) is 4.10. The third-order valence-electron chi connectivity index (χ3n) is 2.80. The highest BCUT2D eigenvalue weighted by Crippen LogP contribution is 2.34. The molecule has 0 bridgehead atoms. The Balaban J connectivity index is 2.31. The van der Waals surface area contributed by atoms with E-state index in [9.17, 15) is 0 Å². The van der Waals surface area contributed by atoms with Crippen LogP contribution >= 0.6 is 11.6 Å². The summed E-state index contributed by atoms with van der Waals surface area (Å²) >= 11 is 6.24. The smallest absolute Gasteiger partial charge is 0.148 e. The lowest BCUT2D eigenvalue weighted by atomic mass is 10.1. The number of nitrogens with two attached hydrogens (primary N) is 1. The van der Waals surface area contributed by atoms with Gasteiger partial charge in [0.25, 0.3) is 0 Å². The molecular formula is C15H16ClNO. The van der Waals surface area contributed by atoms with E-state index >= 15 is 0 Å². The highest BCUT2D eigenvalue weighted by atomic mass is 35.5. The van der Waals surface area contributed by atoms with E-state index in [0.29, 0.717) is 16.5 Å². The van der Waals surface area contributed by atoms with Crippen molar-refractivity contribution in [2.45, 2.75) is 20.3 Å². The molecule has 94 valence electrons. The number of hydrogen-bond acceptors (Lipinski definition) is 2. The Morgan fingerprint density at radius 1 is 1.17 bits per heavy atom. The third kappa shape index (κ3) is 2.77. The molecule has 0 saturated heterocycles. The van der Waals surface area contributed by atoms with Crippen LogP contribution in [-0.2, 0) is 6.42 Å². The van der Waals surface area contributed by atoms with Crippen LogP contribution in [0.15, 0.2) is 36.4 Å². The van der Waals surface area contributed by atoms with Gasteiger partial charge in [-0.15, -0.1) is 0 Å². The Labute approximate surface area is 112 Å². The molecule has 0 radical (unpaired) electrons. The highest BCUT2D eigenvalue weighted by Gasteiger charge is 2.08. The van der Waals surface area contributed by atoms with Gasteiger partial charge in [-0.3, -0.25) is 0 Å². The van der Waals surface area contributed by atoms with Gasteiger partial charge in [-0.1, -0.05) is 24.6 Å². The van der Waals surface area contributed by atoms with Gasteiger partial charge in [0.1, 0.15) is 11.5 Å². The molecule has 0 amide bonds. The first-order valence-corrected chi connectivity index (χ1v) is 6.30. The Bertz CT molecular complexity index is 526. The molecule has 0 spiro atoms. The van der Waals surface area contributed by atoms with E-state index in [2.05, 4.69) is 13.0 Å². The summed E-state index contributed by atoms with van der Waals surface area (Å²) in [4.78, 5) is 0. The van der Waals surface area contributed by atoms with Crippen LogP contribution in [0.1, 0.15) is 18.1 Å². The van der Waals surface area contributed by atoms with E-state index < -0.39 is 0 Å². The molecule has 0 fully saturated rings. The molecule has 2 N–H and O–H groups in total. The van der Waals surface area contributed by atoms with Gasteiger partial charge in [-0.05, 0) is 54.8 Å². The fourth-order valence-electron chi connectivity index (χ4n) is 1.79. The van der Waals surface area contributed by atoms with Gasteiger partial charge < -0.3 is 10.5 Å². The van der Waals surface area contributed by atoms with Crippen LogP contribution in [0.25, 0.3) is 0 Å². The molecule has 18 heavy (non-hydrogen) atoms. The molecule has 2 aromatic carbocycles. The van der Waals surface area contributed by atoms with Gasteiger partial charge in [-0.25, -0.2) is 0 Å². The number of ether oxygens (including phenoxy) is 1. The summed E-state index contributed by atoms with van der Waals surface area (Å²) in [5.41, 5.74) is 8.60. The third-order valence-corrected chi connectivity index (χ3v) is 3.08. The monoisotopic (exact) mass is 261 g/mol. The molecule has 0 heterocycles. The molecule has 2 nitrogen and oxygen atoms in total. The van der Waals surface area contributed by atoms with Gasteiger partial charge in [0, 0.05) is 5.69 Å². The zero-order valence-electron chi connectivity index (χ0n) is 10.5. The number of benzene rings is 2.